The van der Waals surface area contributed by atoms with Gasteiger partial charge in [-0.05, 0) is 13.0 Å². The molecule has 6 heteroatoms. The monoisotopic (exact) mass is 250 g/mol. The first kappa shape index (κ1) is 12.8. The van der Waals surface area contributed by atoms with Crippen LogP contribution in [0.4, 0.5) is 5.82 Å². The third kappa shape index (κ3) is 2.76. The summed E-state index contributed by atoms with van der Waals surface area (Å²) in [6, 6.07) is 0. The molecule has 0 unspecified atom stereocenters. The van der Waals surface area contributed by atoms with Gasteiger partial charge in [-0.15, -0.1) is 0 Å². The summed E-state index contributed by atoms with van der Waals surface area (Å²) < 4.78 is 0. The van der Waals surface area contributed by atoms with E-state index in [4.69, 9.17) is 5.11 Å². The van der Waals surface area contributed by atoms with Gasteiger partial charge < -0.3 is 10.0 Å². The number of hydrogen-bond donors (Lipinski definition) is 1. The van der Waals surface area contributed by atoms with Crippen LogP contribution in [0.3, 0.4) is 0 Å². The summed E-state index contributed by atoms with van der Waals surface area (Å²) in [7, 11) is 0. The number of aromatic nitrogens is 2. The Labute approximate surface area is 106 Å². The van der Waals surface area contributed by atoms with Crippen molar-refractivity contribution in [2.45, 2.75) is 13.3 Å². The Balaban J connectivity index is 2.07. The van der Waals surface area contributed by atoms with Crippen molar-refractivity contribution in [1.82, 2.24) is 14.9 Å². The molecule has 0 aliphatic carbocycles. The van der Waals surface area contributed by atoms with Gasteiger partial charge in [0.15, 0.2) is 0 Å². The number of carbonyl (C=O) groups is 1. The molecular formula is C12H18N4O2. The zero-order valence-corrected chi connectivity index (χ0v) is 10.5. The molecule has 1 saturated heterocycles. The highest BCUT2D eigenvalue weighted by Gasteiger charge is 2.22. The van der Waals surface area contributed by atoms with E-state index in [2.05, 4.69) is 21.8 Å². The molecule has 18 heavy (non-hydrogen) atoms. The first-order valence-electron chi connectivity index (χ1n) is 6.23. The fourth-order valence-corrected chi connectivity index (χ4v) is 2.23. The van der Waals surface area contributed by atoms with Gasteiger partial charge in [0, 0.05) is 32.4 Å². The largest absolute Gasteiger partial charge is 0.477 e. The molecule has 98 valence electrons. The van der Waals surface area contributed by atoms with Crippen molar-refractivity contribution in [2.24, 2.45) is 0 Å². The van der Waals surface area contributed by atoms with Gasteiger partial charge in [-0.2, -0.15) is 0 Å². The minimum atomic E-state index is -0.971. The second-order valence-corrected chi connectivity index (χ2v) is 4.39. The molecule has 0 saturated carbocycles. The molecule has 0 atom stereocenters. The van der Waals surface area contributed by atoms with E-state index < -0.39 is 5.97 Å². The van der Waals surface area contributed by atoms with Gasteiger partial charge in [0.25, 0.3) is 0 Å². The van der Waals surface area contributed by atoms with Crippen LogP contribution in [0.1, 0.15) is 23.7 Å². The van der Waals surface area contributed by atoms with Crippen LogP contribution in [-0.4, -0.2) is 58.7 Å². The number of hydrogen-bond acceptors (Lipinski definition) is 5. The molecule has 1 aliphatic rings. The van der Waals surface area contributed by atoms with Crippen LogP contribution < -0.4 is 4.90 Å². The van der Waals surface area contributed by atoms with E-state index in [-0.39, 0.29) is 5.56 Å². The first-order valence-corrected chi connectivity index (χ1v) is 6.23. The van der Waals surface area contributed by atoms with Crippen LogP contribution in [-0.2, 0) is 0 Å². The highest BCUT2D eigenvalue weighted by atomic mass is 16.4. The van der Waals surface area contributed by atoms with Gasteiger partial charge in [0.2, 0.25) is 0 Å². The van der Waals surface area contributed by atoms with Crippen LogP contribution in [0.25, 0.3) is 0 Å². The molecule has 1 N–H and O–H groups in total. The number of aromatic carboxylic acids is 1. The lowest BCUT2D eigenvalue weighted by Gasteiger charge is -2.35. The lowest BCUT2D eigenvalue weighted by molar-refractivity contribution is 0.0696. The molecule has 0 amide bonds. The molecule has 0 bridgehead atoms. The van der Waals surface area contributed by atoms with Crippen LogP contribution in [0.15, 0.2) is 12.5 Å². The fourth-order valence-electron chi connectivity index (χ4n) is 2.23. The summed E-state index contributed by atoms with van der Waals surface area (Å²) in [4.78, 5) is 23.4. The lowest BCUT2D eigenvalue weighted by atomic mass is 10.2. The van der Waals surface area contributed by atoms with Crippen LogP contribution in [0.2, 0.25) is 0 Å². The maximum atomic E-state index is 11.1. The van der Waals surface area contributed by atoms with E-state index in [0.717, 1.165) is 39.1 Å². The predicted octanol–water partition coefficient (Wildman–Crippen LogP) is 0.707. The summed E-state index contributed by atoms with van der Waals surface area (Å²) >= 11 is 0. The fraction of sp³-hybridized carbons (Fsp3) is 0.583. The summed E-state index contributed by atoms with van der Waals surface area (Å²) in [5.74, 6) is -0.435. The van der Waals surface area contributed by atoms with E-state index >= 15 is 0 Å². The minimum absolute atomic E-state index is 0.182. The van der Waals surface area contributed by atoms with E-state index in [1.807, 2.05) is 4.90 Å². The van der Waals surface area contributed by atoms with E-state index in [1.165, 1.54) is 12.5 Å². The summed E-state index contributed by atoms with van der Waals surface area (Å²) in [6.45, 7) is 6.81. The maximum absolute atomic E-state index is 11.1. The van der Waals surface area contributed by atoms with Gasteiger partial charge in [-0.1, -0.05) is 6.92 Å². The SMILES string of the molecule is CCCN1CCN(c2ncncc2C(=O)O)CC1. The van der Waals surface area contributed by atoms with Crippen molar-refractivity contribution in [3.63, 3.8) is 0 Å². The molecule has 0 spiro atoms. The van der Waals surface area contributed by atoms with Crippen molar-refractivity contribution in [3.05, 3.63) is 18.1 Å². The third-order valence-electron chi connectivity index (χ3n) is 3.13. The third-order valence-corrected chi connectivity index (χ3v) is 3.13. The predicted molar refractivity (Wildman–Crippen MR) is 67.9 cm³/mol. The zero-order chi connectivity index (χ0) is 13.0. The maximum Gasteiger partial charge on any atom is 0.341 e. The Morgan fingerprint density at radius 1 is 1.39 bits per heavy atom. The highest BCUT2D eigenvalue weighted by Crippen LogP contribution is 2.18. The van der Waals surface area contributed by atoms with Crippen LogP contribution >= 0.6 is 0 Å². The number of anilines is 1. The molecule has 2 rings (SSSR count). The topological polar surface area (TPSA) is 69.6 Å². The van der Waals surface area contributed by atoms with Gasteiger partial charge in [-0.3, -0.25) is 4.90 Å². The average molecular weight is 250 g/mol. The summed E-state index contributed by atoms with van der Waals surface area (Å²) in [5, 5.41) is 9.12. The standard InChI is InChI=1S/C12H18N4O2/c1-2-3-15-4-6-16(7-5-15)11-10(12(17)18)8-13-9-14-11/h8-9H,2-7H2,1H3,(H,17,18). The minimum Gasteiger partial charge on any atom is -0.477 e. The van der Waals surface area contributed by atoms with Crippen molar-refractivity contribution >= 4 is 11.8 Å². The molecule has 0 aromatic carbocycles. The van der Waals surface area contributed by atoms with Crippen molar-refractivity contribution in [2.75, 3.05) is 37.6 Å². The summed E-state index contributed by atoms with van der Waals surface area (Å²) in [5.41, 5.74) is 0.182. The Morgan fingerprint density at radius 2 is 2.11 bits per heavy atom. The van der Waals surface area contributed by atoms with Crippen LogP contribution in [0, 0.1) is 0 Å². The molecular weight excluding hydrogens is 232 g/mol. The first-order chi connectivity index (χ1) is 8.72. The molecule has 6 nitrogen and oxygen atoms in total. The summed E-state index contributed by atoms with van der Waals surface area (Å²) in [6.07, 6.45) is 3.91. The van der Waals surface area contributed by atoms with Gasteiger partial charge >= 0.3 is 5.97 Å². The van der Waals surface area contributed by atoms with Crippen molar-refractivity contribution < 1.29 is 9.90 Å². The van der Waals surface area contributed by atoms with Crippen molar-refractivity contribution in [1.29, 1.82) is 0 Å². The Kier molecular flexibility index (Phi) is 4.09. The molecule has 1 aromatic rings. The van der Waals surface area contributed by atoms with Crippen molar-refractivity contribution in [3.8, 4) is 0 Å². The number of carboxylic acid groups (broad SMARTS) is 1. The van der Waals surface area contributed by atoms with E-state index in [0.29, 0.717) is 5.82 Å². The Morgan fingerprint density at radius 3 is 2.72 bits per heavy atom. The molecule has 1 aromatic heterocycles. The Bertz CT molecular complexity index is 416. The number of carboxylic acids is 1. The average Bonchev–Trinajstić information content (AvgIpc) is 2.40. The molecule has 2 heterocycles. The molecule has 1 fully saturated rings. The van der Waals surface area contributed by atoms with Crippen LogP contribution in [0.5, 0.6) is 0 Å². The Hall–Kier alpha value is -1.69. The smallest absolute Gasteiger partial charge is 0.341 e. The van der Waals surface area contributed by atoms with Gasteiger partial charge in [0.05, 0.1) is 0 Å². The van der Waals surface area contributed by atoms with E-state index in [1.54, 1.807) is 0 Å². The second kappa shape index (κ2) is 5.77. The zero-order valence-electron chi connectivity index (χ0n) is 10.5. The quantitative estimate of drug-likeness (QED) is 0.848. The lowest BCUT2D eigenvalue weighted by Crippen LogP contribution is -2.47. The number of piperazine rings is 1. The van der Waals surface area contributed by atoms with Gasteiger partial charge in [-0.25, -0.2) is 14.8 Å². The van der Waals surface area contributed by atoms with Gasteiger partial charge in [0.1, 0.15) is 17.7 Å². The highest BCUT2D eigenvalue weighted by molar-refractivity contribution is 5.92. The molecule has 0 radical (unpaired) electrons. The number of nitrogens with zero attached hydrogens (tertiary/aromatic N) is 4. The number of rotatable bonds is 4. The normalized spacial score (nSPS) is 16.8. The second-order valence-electron chi connectivity index (χ2n) is 4.39. The van der Waals surface area contributed by atoms with E-state index in [9.17, 15) is 4.79 Å². The molecule has 1 aliphatic heterocycles.